The second-order valence-electron chi connectivity index (χ2n) is 3.95. The number of hydrogen-bond donors (Lipinski definition) is 0. The lowest BCUT2D eigenvalue weighted by Crippen LogP contribution is -2.18. The average molecular weight is 242 g/mol. The molecule has 0 aliphatic carbocycles. The molecule has 1 rings (SSSR count). The van der Waals surface area contributed by atoms with Crippen molar-refractivity contribution in [3.05, 3.63) is 11.9 Å². The molecule has 6 nitrogen and oxygen atoms in total. The summed E-state index contributed by atoms with van der Waals surface area (Å²) >= 11 is 0. The first-order valence-corrected chi connectivity index (χ1v) is 5.95. The fourth-order valence-electron chi connectivity index (χ4n) is 1.35. The minimum absolute atomic E-state index is 0.405. The molecule has 1 aromatic heterocycles. The molecule has 0 aliphatic rings. The molecule has 17 heavy (non-hydrogen) atoms. The van der Waals surface area contributed by atoms with Gasteiger partial charge in [0.25, 0.3) is 0 Å². The third-order valence-corrected chi connectivity index (χ3v) is 2.21. The molecule has 0 aromatic carbocycles. The Morgan fingerprint density at radius 3 is 2.47 bits per heavy atom. The van der Waals surface area contributed by atoms with Gasteiger partial charge in [-0.1, -0.05) is 5.21 Å². The Balaban J connectivity index is 2.57. The molecular formula is C11H22N4O2. The Morgan fingerprint density at radius 1 is 1.29 bits per heavy atom. The van der Waals surface area contributed by atoms with Crippen molar-refractivity contribution >= 4 is 0 Å². The van der Waals surface area contributed by atoms with Crippen LogP contribution in [0.25, 0.3) is 0 Å². The van der Waals surface area contributed by atoms with E-state index in [4.69, 9.17) is 9.47 Å². The van der Waals surface area contributed by atoms with Crippen molar-refractivity contribution < 1.29 is 9.47 Å². The van der Waals surface area contributed by atoms with Gasteiger partial charge in [-0.2, -0.15) is 0 Å². The minimum atomic E-state index is -0.405. The average Bonchev–Trinajstić information content (AvgIpc) is 2.74. The van der Waals surface area contributed by atoms with Crippen LogP contribution in [0, 0.1) is 0 Å². The molecule has 0 aliphatic heterocycles. The molecule has 1 heterocycles. The number of ether oxygens (including phenoxy) is 2. The van der Waals surface area contributed by atoms with Gasteiger partial charge in [0.05, 0.1) is 12.7 Å². The van der Waals surface area contributed by atoms with Gasteiger partial charge in [-0.05, 0) is 27.9 Å². The van der Waals surface area contributed by atoms with Crippen molar-refractivity contribution in [2.75, 3.05) is 33.9 Å². The van der Waals surface area contributed by atoms with Gasteiger partial charge in [0.1, 0.15) is 5.69 Å². The Kier molecular flexibility index (Phi) is 6.10. The van der Waals surface area contributed by atoms with E-state index in [1.165, 1.54) is 0 Å². The first-order chi connectivity index (χ1) is 8.17. The van der Waals surface area contributed by atoms with Crippen molar-refractivity contribution in [1.82, 2.24) is 19.9 Å². The fraction of sp³-hybridized carbons (Fsp3) is 0.818. The Bertz CT molecular complexity index is 308. The highest BCUT2D eigenvalue weighted by atomic mass is 16.7. The van der Waals surface area contributed by atoms with E-state index in [1.807, 2.05) is 34.1 Å². The lowest BCUT2D eigenvalue weighted by atomic mass is 10.4. The third kappa shape index (κ3) is 4.80. The predicted molar refractivity (Wildman–Crippen MR) is 64.6 cm³/mol. The fourth-order valence-corrected chi connectivity index (χ4v) is 1.35. The van der Waals surface area contributed by atoms with E-state index in [0.29, 0.717) is 13.2 Å². The molecule has 0 saturated carbocycles. The normalized spacial score (nSPS) is 11.6. The van der Waals surface area contributed by atoms with Crippen LogP contribution in [0.3, 0.4) is 0 Å². The summed E-state index contributed by atoms with van der Waals surface area (Å²) in [5, 5.41) is 8.13. The van der Waals surface area contributed by atoms with Crippen molar-refractivity contribution in [3.63, 3.8) is 0 Å². The van der Waals surface area contributed by atoms with E-state index < -0.39 is 6.29 Å². The van der Waals surface area contributed by atoms with E-state index in [9.17, 15) is 0 Å². The van der Waals surface area contributed by atoms with Gasteiger partial charge >= 0.3 is 0 Å². The monoisotopic (exact) mass is 242 g/mol. The third-order valence-electron chi connectivity index (χ3n) is 2.21. The molecule has 1 aromatic rings. The van der Waals surface area contributed by atoms with E-state index in [1.54, 1.807) is 4.68 Å². The molecular weight excluding hydrogens is 220 g/mol. The second kappa shape index (κ2) is 7.37. The molecule has 98 valence electrons. The number of hydrogen-bond acceptors (Lipinski definition) is 5. The number of aromatic nitrogens is 3. The van der Waals surface area contributed by atoms with Gasteiger partial charge in [0, 0.05) is 19.8 Å². The van der Waals surface area contributed by atoms with Crippen molar-refractivity contribution in [1.29, 1.82) is 0 Å². The first kappa shape index (κ1) is 14.1. The van der Waals surface area contributed by atoms with Crippen molar-refractivity contribution in [3.8, 4) is 0 Å². The van der Waals surface area contributed by atoms with Crippen molar-refractivity contribution in [2.45, 2.75) is 26.7 Å². The van der Waals surface area contributed by atoms with Crippen molar-refractivity contribution in [2.24, 2.45) is 0 Å². The summed E-state index contributed by atoms with van der Waals surface area (Å²) in [7, 11) is 4.06. The van der Waals surface area contributed by atoms with Gasteiger partial charge in [-0.3, -0.25) is 4.68 Å². The molecule has 0 atom stereocenters. The van der Waals surface area contributed by atoms with Crippen LogP contribution >= 0.6 is 0 Å². The second-order valence-corrected chi connectivity index (χ2v) is 3.95. The zero-order valence-corrected chi connectivity index (χ0v) is 11.1. The number of rotatable bonds is 8. The molecule has 0 N–H and O–H groups in total. The van der Waals surface area contributed by atoms with Crippen LogP contribution in [0.1, 0.15) is 25.8 Å². The molecule has 0 radical (unpaired) electrons. The summed E-state index contributed by atoms with van der Waals surface area (Å²) in [6.45, 7) is 6.79. The summed E-state index contributed by atoms with van der Waals surface area (Å²) in [6, 6.07) is 0. The van der Waals surface area contributed by atoms with Crippen LogP contribution < -0.4 is 0 Å². The highest BCUT2D eigenvalue weighted by molar-refractivity contribution is 4.94. The molecule has 0 fully saturated rings. The van der Waals surface area contributed by atoms with Crippen LogP contribution in [0.15, 0.2) is 6.20 Å². The van der Waals surface area contributed by atoms with Gasteiger partial charge < -0.3 is 14.4 Å². The minimum Gasteiger partial charge on any atom is -0.347 e. The SMILES string of the molecule is CCOC(OCC)c1cn(CCN(C)C)nn1. The maximum Gasteiger partial charge on any atom is 0.204 e. The van der Waals surface area contributed by atoms with Gasteiger partial charge in [-0.15, -0.1) is 5.10 Å². The molecule has 0 unspecified atom stereocenters. The number of nitrogens with zero attached hydrogens (tertiary/aromatic N) is 4. The summed E-state index contributed by atoms with van der Waals surface area (Å²) < 4.78 is 12.7. The Labute approximate surface area is 102 Å². The molecule has 6 heteroatoms. The standard InChI is InChI=1S/C11H22N4O2/c1-5-16-11(17-6-2)10-9-15(13-12-10)8-7-14(3)4/h9,11H,5-8H2,1-4H3. The van der Waals surface area contributed by atoms with Gasteiger partial charge in [0.2, 0.25) is 6.29 Å². The Morgan fingerprint density at radius 2 is 1.94 bits per heavy atom. The van der Waals surface area contributed by atoms with Crippen LogP contribution in [-0.2, 0) is 16.0 Å². The predicted octanol–water partition coefficient (Wildman–Crippen LogP) is 0.911. The summed E-state index contributed by atoms with van der Waals surface area (Å²) in [4.78, 5) is 2.10. The smallest absolute Gasteiger partial charge is 0.204 e. The highest BCUT2D eigenvalue weighted by Crippen LogP contribution is 2.15. The quantitative estimate of drug-likeness (QED) is 0.634. The zero-order valence-electron chi connectivity index (χ0n) is 11.1. The summed E-state index contributed by atoms with van der Waals surface area (Å²) in [6.07, 6.45) is 1.47. The van der Waals surface area contributed by atoms with E-state index in [2.05, 4.69) is 15.2 Å². The first-order valence-electron chi connectivity index (χ1n) is 5.95. The Hall–Kier alpha value is -0.980. The van der Waals surface area contributed by atoms with Crippen LogP contribution in [0.5, 0.6) is 0 Å². The summed E-state index contributed by atoms with van der Waals surface area (Å²) in [5.41, 5.74) is 0.729. The van der Waals surface area contributed by atoms with Crippen LogP contribution in [0.2, 0.25) is 0 Å². The molecule has 0 saturated heterocycles. The largest absolute Gasteiger partial charge is 0.347 e. The highest BCUT2D eigenvalue weighted by Gasteiger charge is 2.15. The molecule has 0 bridgehead atoms. The maximum absolute atomic E-state index is 5.46. The molecule has 0 amide bonds. The zero-order chi connectivity index (χ0) is 12.7. The van der Waals surface area contributed by atoms with Crippen LogP contribution in [-0.4, -0.2) is 53.7 Å². The van der Waals surface area contributed by atoms with Gasteiger partial charge in [0.15, 0.2) is 0 Å². The van der Waals surface area contributed by atoms with E-state index in [-0.39, 0.29) is 0 Å². The van der Waals surface area contributed by atoms with Crippen LogP contribution in [0.4, 0.5) is 0 Å². The lowest BCUT2D eigenvalue weighted by molar-refractivity contribution is -0.142. The topological polar surface area (TPSA) is 52.4 Å². The lowest BCUT2D eigenvalue weighted by Gasteiger charge is -2.13. The maximum atomic E-state index is 5.46. The van der Waals surface area contributed by atoms with E-state index >= 15 is 0 Å². The van der Waals surface area contributed by atoms with E-state index in [0.717, 1.165) is 18.8 Å². The number of likely N-dealkylation sites (N-methyl/N-ethyl adjacent to an activating group) is 1. The van der Waals surface area contributed by atoms with Gasteiger partial charge in [-0.25, -0.2) is 0 Å². The molecule has 0 spiro atoms. The summed E-state index contributed by atoms with van der Waals surface area (Å²) in [5.74, 6) is 0.